The van der Waals surface area contributed by atoms with Crippen LogP contribution in [0.3, 0.4) is 0 Å². The van der Waals surface area contributed by atoms with Crippen molar-refractivity contribution in [2.45, 2.75) is 13.8 Å². The maximum atomic E-state index is 13.5. The van der Waals surface area contributed by atoms with Gasteiger partial charge in [-0.3, -0.25) is 4.79 Å². The molecule has 0 spiro atoms. The number of azo groups is 1. The Balaban J connectivity index is 1.60. The van der Waals surface area contributed by atoms with E-state index in [9.17, 15) is 15.3 Å². The van der Waals surface area contributed by atoms with Crippen LogP contribution in [0.2, 0.25) is 0 Å². The van der Waals surface area contributed by atoms with Gasteiger partial charge >= 0.3 is 0 Å². The van der Waals surface area contributed by atoms with E-state index in [1.54, 1.807) is 37.5 Å². The van der Waals surface area contributed by atoms with Crippen molar-refractivity contribution in [1.82, 2.24) is 4.98 Å². The fraction of sp³-hybridized carbons (Fsp3) is 0.152. The highest BCUT2D eigenvalue weighted by atomic mass is 32.1. The number of fused-ring (bicyclic) bond motifs is 1. The monoisotopic (exact) mass is 570 g/mol. The lowest BCUT2D eigenvalue weighted by molar-refractivity contribution is 0.104. The van der Waals surface area contributed by atoms with E-state index in [2.05, 4.69) is 29.0 Å². The summed E-state index contributed by atoms with van der Waals surface area (Å²) in [6, 6.07) is 26.2. The second kappa shape index (κ2) is 12.4. The van der Waals surface area contributed by atoms with E-state index in [1.807, 2.05) is 60.7 Å². The minimum Gasteiger partial charge on any atom is -0.497 e. The van der Waals surface area contributed by atoms with Crippen molar-refractivity contribution in [2.75, 3.05) is 25.1 Å². The van der Waals surface area contributed by atoms with Gasteiger partial charge in [-0.25, -0.2) is 4.98 Å². The second-order valence-electron chi connectivity index (χ2n) is 9.23. The Morgan fingerprint density at radius 2 is 1.62 bits per heavy atom. The van der Waals surface area contributed by atoms with Gasteiger partial charge < -0.3 is 9.64 Å². The van der Waals surface area contributed by atoms with Crippen LogP contribution in [0.5, 0.6) is 5.75 Å². The number of thiazole rings is 1. The van der Waals surface area contributed by atoms with Gasteiger partial charge in [-0.05, 0) is 74.0 Å². The number of rotatable bonds is 8. The van der Waals surface area contributed by atoms with E-state index in [-0.39, 0.29) is 16.9 Å². The lowest BCUT2D eigenvalue weighted by Crippen LogP contribution is -2.21. The smallest absolute Gasteiger partial charge is 0.231 e. The van der Waals surface area contributed by atoms with Crippen molar-refractivity contribution in [3.63, 3.8) is 0 Å². The first-order valence-electron chi connectivity index (χ1n) is 13.3. The summed E-state index contributed by atoms with van der Waals surface area (Å²) in [7, 11) is 1.60. The number of carbonyl (C=O) groups is 1. The molecule has 0 aliphatic heterocycles. The molecule has 9 heteroatoms. The summed E-state index contributed by atoms with van der Waals surface area (Å²) in [6.45, 7) is 6.06. The number of methoxy groups -OCH3 is 1. The summed E-state index contributed by atoms with van der Waals surface area (Å²) in [5, 5.41) is 28.6. The topological polar surface area (TPSA) is 115 Å². The highest BCUT2D eigenvalue weighted by molar-refractivity contribution is 7.16. The average molecular weight is 571 g/mol. The molecule has 1 aliphatic rings. The number of nitriles is 2. The molecule has 0 radical (unpaired) electrons. The predicted molar refractivity (Wildman–Crippen MR) is 165 cm³/mol. The predicted octanol–water partition coefficient (Wildman–Crippen LogP) is 8.16. The zero-order chi connectivity index (χ0) is 29.6. The molecule has 4 aromatic rings. The molecule has 5 rings (SSSR count). The first-order chi connectivity index (χ1) is 20.5. The Morgan fingerprint density at radius 3 is 2.24 bits per heavy atom. The van der Waals surface area contributed by atoms with E-state index in [0.29, 0.717) is 43.8 Å². The molecule has 42 heavy (non-hydrogen) atoms. The minimum atomic E-state index is -0.255. The largest absolute Gasteiger partial charge is 0.497 e. The SMILES string of the molecule is CCN(CC)c1ccc(N=Nc2nc(-c3ccc(OC)cc3)c(/C=C3/C(=O)c4ccccc4C3=C(C#N)C#N)s2)cc1. The van der Waals surface area contributed by atoms with Gasteiger partial charge in [0.25, 0.3) is 0 Å². The fourth-order valence-electron chi connectivity index (χ4n) is 4.81. The Morgan fingerprint density at radius 1 is 0.952 bits per heavy atom. The standard InChI is InChI=1S/C33H26N6O2S/c1-4-39(5-2)24-14-12-23(13-15-24)37-38-33-36-31(21-10-16-25(41-3)17-11-21)29(42-33)18-28-30(22(19-34)20-35)26-8-6-7-9-27(26)32(28)40/h6-18H,4-5H2,1-3H3/b28-18+,38-37?. The number of carbonyl (C=O) groups excluding carboxylic acids is 1. The summed E-state index contributed by atoms with van der Waals surface area (Å²) in [5.41, 5.74) is 4.67. The average Bonchev–Trinajstić information content (AvgIpc) is 3.56. The third-order valence-corrected chi connectivity index (χ3v) is 7.83. The molecule has 3 aromatic carbocycles. The van der Waals surface area contributed by atoms with Crippen molar-refractivity contribution >= 4 is 45.3 Å². The first-order valence-corrected chi connectivity index (χ1v) is 14.2. The Hall–Kier alpha value is -5.38. The van der Waals surface area contributed by atoms with Crippen LogP contribution in [0.15, 0.2) is 94.2 Å². The van der Waals surface area contributed by atoms with Crippen LogP contribution < -0.4 is 9.64 Å². The van der Waals surface area contributed by atoms with Gasteiger partial charge in [-0.1, -0.05) is 35.6 Å². The summed E-state index contributed by atoms with van der Waals surface area (Å²) in [6.07, 6.45) is 1.70. The zero-order valence-electron chi connectivity index (χ0n) is 23.3. The third-order valence-electron chi connectivity index (χ3n) is 6.94. The van der Waals surface area contributed by atoms with Crippen LogP contribution in [-0.4, -0.2) is 31.0 Å². The lowest BCUT2D eigenvalue weighted by Gasteiger charge is -2.20. The van der Waals surface area contributed by atoms with Crippen molar-refractivity contribution in [3.05, 3.63) is 99.9 Å². The number of ketones is 1. The first kappa shape index (κ1) is 28.2. The third kappa shape index (κ3) is 5.46. The van der Waals surface area contributed by atoms with Gasteiger partial charge in [0.1, 0.15) is 23.5 Å². The molecule has 1 aliphatic carbocycles. The number of hydrogen-bond acceptors (Lipinski definition) is 9. The molecule has 0 bridgehead atoms. The molecule has 1 heterocycles. The fourth-order valence-corrected chi connectivity index (χ4v) is 5.67. The van der Waals surface area contributed by atoms with Gasteiger partial charge in [-0.2, -0.15) is 10.5 Å². The van der Waals surface area contributed by atoms with Crippen molar-refractivity contribution in [3.8, 4) is 29.1 Å². The number of benzene rings is 3. The number of ether oxygens (including phenoxy) is 1. The maximum Gasteiger partial charge on any atom is 0.231 e. The van der Waals surface area contributed by atoms with E-state index < -0.39 is 0 Å². The summed E-state index contributed by atoms with van der Waals surface area (Å²) in [4.78, 5) is 21.2. The molecule has 206 valence electrons. The Labute approximate surface area is 248 Å². The van der Waals surface area contributed by atoms with Crippen LogP contribution in [0, 0.1) is 22.7 Å². The van der Waals surface area contributed by atoms with E-state index in [0.717, 1.165) is 24.3 Å². The number of nitrogens with zero attached hydrogens (tertiary/aromatic N) is 6. The van der Waals surface area contributed by atoms with Crippen LogP contribution in [0.1, 0.15) is 34.6 Å². The van der Waals surface area contributed by atoms with Gasteiger partial charge in [0.15, 0.2) is 5.78 Å². The molecule has 0 atom stereocenters. The molecular formula is C33H26N6O2S. The summed E-state index contributed by atoms with van der Waals surface area (Å²) < 4.78 is 5.31. The van der Waals surface area contributed by atoms with Crippen LogP contribution >= 0.6 is 11.3 Å². The van der Waals surface area contributed by atoms with Crippen molar-refractivity contribution in [1.29, 1.82) is 10.5 Å². The summed E-state index contributed by atoms with van der Waals surface area (Å²) in [5.74, 6) is 0.440. The van der Waals surface area contributed by atoms with Crippen LogP contribution in [-0.2, 0) is 0 Å². The maximum absolute atomic E-state index is 13.5. The molecular weight excluding hydrogens is 544 g/mol. The van der Waals surface area contributed by atoms with E-state index >= 15 is 0 Å². The number of allylic oxidation sites excluding steroid dienone is 3. The number of Topliss-reactive ketones (excluding diaryl/α,β-unsaturated/α-hetero) is 1. The Kier molecular flexibility index (Phi) is 8.33. The lowest BCUT2D eigenvalue weighted by atomic mass is 9.99. The van der Waals surface area contributed by atoms with Crippen molar-refractivity contribution < 1.29 is 9.53 Å². The zero-order valence-corrected chi connectivity index (χ0v) is 24.1. The summed E-state index contributed by atoms with van der Waals surface area (Å²) >= 11 is 1.27. The minimum absolute atomic E-state index is 0.122. The highest BCUT2D eigenvalue weighted by Gasteiger charge is 2.32. The number of hydrogen-bond donors (Lipinski definition) is 0. The van der Waals surface area contributed by atoms with Crippen LogP contribution in [0.4, 0.5) is 16.5 Å². The molecule has 0 saturated heterocycles. The molecule has 0 amide bonds. The van der Waals surface area contributed by atoms with E-state index in [4.69, 9.17) is 9.72 Å². The molecule has 0 unspecified atom stereocenters. The van der Waals surface area contributed by atoms with E-state index in [1.165, 1.54) is 11.3 Å². The normalized spacial score (nSPS) is 13.2. The van der Waals surface area contributed by atoms with Gasteiger partial charge in [0.05, 0.1) is 23.4 Å². The highest BCUT2D eigenvalue weighted by Crippen LogP contribution is 2.43. The molecule has 0 fully saturated rings. The van der Waals surface area contributed by atoms with Gasteiger partial charge in [-0.15, -0.1) is 10.2 Å². The molecule has 8 nitrogen and oxygen atoms in total. The van der Waals surface area contributed by atoms with Gasteiger partial charge in [0, 0.05) is 41.1 Å². The van der Waals surface area contributed by atoms with Gasteiger partial charge in [0.2, 0.25) is 5.13 Å². The molecule has 0 N–H and O–H groups in total. The number of aromatic nitrogens is 1. The Bertz CT molecular complexity index is 1800. The molecule has 1 aromatic heterocycles. The van der Waals surface area contributed by atoms with Crippen LogP contribution in [0.25, 0.3) is 22.9 Å². The second-order valence-corrected chi connectivity index (χ2v) is 10.2. The van der Waals surface area contributed by atoms with Crippen molar-refractivity contribution in [2.24, 2.45) is 10.2 Å². The molecule has 0 saturated carbocycles. The quantitative estimate of drug-likeness (QED) is 0.120. The number of anilines is 1.